The molecule has 0 unspecified atom stereocenters. The molecule has 1 aromatic heterocycles. The normalized spacial score (nSPS) is 10.1. The van der Waals surface area contributed by atoms with Crippen molar-refractivity contribution in [3.8, 4) is 5.75 Å². The van der Waals surface area contributed by atoms with E-state index in [0.29, 0.717) is 12.1 Å². The Hall–Kier alpha value is -1.62. The molecule has 0 spiro atoms. The predicted octanol–water partition coefficient (Wildman–Crippen LogP) is 0.469. The second-order valence-electron chi connectivity index (χ2n) is 3.62. The van der Waals surface area contributed by atoms with Crippen molar-refractivity contribution in [3.63, 3.8) is 0 Å². The lowest BCUT2D eigenvalue weighted by atomic mass is 10.2. The molecule has 1 amide bonds. The van der Waals surface area contributed by atoms with Crippen LogP contribution in [-0.2, 0) is 0 Å². The van der Waals surface area contributed by atoms with E-state index in [4.69, 9.17) is 0 Å². The molecule has 5 heteroatoms. The van der Waals surface area contributed by atoms with Gasteiger partial charge >= 0.3 is 0 Å². The Labute approximate surface area is 95.1 Å². The van der Waals surface area contributed by atoms with E-state index in [1.165, 1.54) is 18.5 Å². The van der Waals surface area contributed by atoms with Gasteiger partial charge in [-0.3, -0.25) is 9.78 Å². The number of carbonyl (C=O) groups is 1. The van der Waals surface area contributed by atoms with Gasteiger partial charge in [0.25, 0.3) is 5.91 Å². The summed E-state index contributed by atoms with van der Waals surface area (Å²) >= 11 is 0. The summed E-state index contributed by atoms with van der Waals surface area (Å²) < 4.78 is 0. The summed E-state index contributed by atoms with van der Waals surface area (Å²) in [5, 5.41) is 12.2. The van der Waals surface area contributed by atoms with Gasteiger partial charge in [-0.2, -0.15) is 0 Å². The molecule has 0 bridgehead atoms. The lowest BCUT2D eigenvalue weighted by molar-refractivity contribution is 0.0793. The van der Waals surface area contributed by atoms with Gasteiger partial charge < -0.3 is 15.3 Å². The van der Waals surface area contributed by atoms with E-state index in [2.05, 4.69) is 10.3 Å². The molecule has 0 aromatic carbocycles. The third kappa shape index (κ3) is 3.51. The van der Waals surface area contributed by atoms with E-state index in [-0.39, 0.29) is 11.7 Å². The zero-order chi connectivity index (χ0) is 12.0. The summed E-state index contributed by atoms with van der Waals surface area (Å²) in [6.07, 6.45) is 3.65. The maximum atomic E-state index is 11.8. The van der Waals surface area contributed by atoms with E-state index in [1.54, 1.807) is 11.9 Å². The third-order valence-corrected chi connectivity index (χ3v) is 2.24. The van der Waals surface area contributed by atoms with Crippen LogP contribution < -0.4 is 5.32 Å². The van der Waals surface area contributed by atoms with Gasteiger partial charge in [-0.05, 0) is 26.1 Å². The van der Waals surface area contributed by atoms with Crippen LogP contribution in [0.25, 0.3) is 0 Å². The second kappa shape index (κ2) is 6.07. The third-order valence-electron chi connectivity index (χ3n) is 2.24. The molecule has 0 radical (unpaired) electrons. The van der Waals surface area contributed by atoms with Crippen molar-refractivity contribution in [1.82, 2.24) is 15.2 Å². The van der Waals surface area contributed by atoms with Crippen LogP contribution in [0.15, 0.2) is 18.5 Å². The Kier molecular flexibility index (Phi) is 4.72. The minimum Gasteiger partial charge on any atom is -0.506 e. The van der Waals surface area contributed by atoms with Crippen LogP contribution in [0.3, 0.4) is 0 Å². The molecule has 2 N–H and O–H groups in total. The summed E-state index contributed by atoms with van der Waals surface area (Å²) in [6, 6.07) is 1.42. The van der Waals surface area contributed by atoms with Gasteiger partial charge in [0.1, 0.15) is 5.75 Å². The van der Waals surface area contributed by atoms with Gasteiger partial charge in [-0.1, -0.05) is 0 Å². The maximum Gasteiger partial charge on any atom is 0.255 e. The Bertz CT molecular complexity index is 355. The number of hydrogen-bond acceptors (Lipinski definition) is 4. The smallest absolute Gasteiger partial charge is 0.255 e. The van der Waals surface area contributed by atoms with E-state index in [1.807, 2.05) is 7.05 Å². The highest BCUT2D eigenvalue weighted by Gasteiger charge is 2.11. The fraction of sp³-hybridized carbons (Fsp3) is 0.455. The molecule has 88 valence electrons. The van der Waals surface area contributed by atoms with Crippen molar-refractivity contribution in [2.75, 3.05) is 27.2 Å². The van der Waals surface area contributed by atoms with Crippen LogP contribution in [0.4, 0.5) is 0 Å². The highest BCUT2D eigenvalue weighted by atomic mass is 16.3. The molecule has 1 rings (SSSR count). The van der Waals surface area contributed by atoms with Crippen LogP contribution in [0.2, 0.25) is 0 Å². The standard InChI is InChI=1S/C11H17N3O2/c1-12-4-3-5-14(2)11(16)9-6-10(15)8-13-7-9/h6-8,12,15H,3-5H2,1-2H3. The van der Waals surface area contributed by atoms with Crippen molar-refractivity contribution in [2.45, 2.75) is 6.42 Å². The molecule has 0 saturated heterocycles. The number of rotatable bonds is 5. The first kappa shape index (κ1) is 12.4. The SMILES string of the molecule is CNCCCN(C)C(=O)c1cncc(O)c1. The van der Waals surface area contributed by atoms with Crippen LogP contribution in [-0.4, -0.2) is 48.1 Å². The number of aromatic nitrogens is 1. The molecule has 1 aromatic rings. The highest BCUT2D eigenvalue weighted by Crippen LogP contribution is 2.10. The van der Waals surface area contributed by atoms with Crippen molar-refractivity contribution in [1.29, 1.82) is 0 Å². The molecule has 0 aliphatic rings. The van der Waals surface area contributed by atoms with Crippen molar-refractivity contribution >= 4 is 5.91 Å². The van der Waals surface area contributed by atoms with E-state index in [0.717, 1.165) is 13.0 Å². The summed E-state index contributed by atoms with van der Waals surface area (Å²) in [5.74, 6) is -0.117. The zero-order valence-electron chi connectivity index (χ0n) is 9.60. The number of nitrogens with zero attached hydrogens (tertiary/aromatic N) is 2. The molecular weight excluding hydrogens is 206 g/mol. The Morgan fingerprint density at radius 2 is 2.31 bits per heavy atom. The Balaban J connectivity index is 2.56. The van der Waals surface area contributed by atoms with E-state index >= 15 is 0 Å². The number of nitrogens with one attached hydrogen (secondary N) is 1. The monoisotopic (exact) mass is 223 g/mol. The fourth-order valence-electron chi connectivity index (χ4n) is 1.36. The first-order valence-corrected chi connectivity index (χ1v) is 5.19. The average molecular weight is 223 g/mol. The highest BCUT2D eigenvalue weighted by molar-refractivity contribution is 5.94. The van der Waals surface area contributed by atoms with Gasteiger partial charge in [0.2, 0.25) is 0 Å². The second-order valence-corrected chi connectivity index (χ2v) is 3.62. The van der Waals surface area contributed by atoms with Gasteiger partial charge in [0.05, 0.1) is 11.8 Å². The zero-order valence-corrected chi connectivity index (χ0v) is 9.60. The van der Waals surface area contributed by atoms with Gasteiger partial charge in [-0.15, -0.1) is 0 Å². The van der Waals surface area contributed by atoms with E-state index < -0.39 is 0 Å². The van der Waals surface area contributed by atoms with E-state index in [9.17, 15) is 9.90 Å². The number of carbonyl (C=O) groups excluding carboxylic acids is 1. The number of hydrogen-bond donors (Lipinski definition) is 2. The molecule has 0 saturated carbocycles. The molecule has 16 heavy (non-hydrogen) atoms. The molecule has 0 atom stereocenters. The lowest BCUT2D eigenvalue weighted by Gasteiger charge is -2.16. The topological polar surface area (TPSA) is 65.5 Å². The van der Waals surface area contributed by atoms with Gasteiger partial charge in [0, 0.05) is 19.8 Å². The van der Waals surface area contributed by atoms with Crippen molar-refractivity contribution in [2.24, 2.45) is 0 Å². The summed E-state index contributed by atoms with van der Waals surface area (Å²) in [4.78, 5) is 17.2. The molecular formula is C11H17N3O2. The first-order chi connectivity index (χ1) is 7.65. The maximum absolute atomic E-state index is 11.8. The number of pyridine rings is 1. The summed E-state index contributed by atoms with van der Waals surface area (Å²) in [7, 11) is 3.61. The molecule has 0 aliphatic heterocycles. The largest absolute Gasteiger partial charge is 0.506 e. The lowest BCUT2D eigenvalue weighted by Crippen LogP contribution is -2.29. The average Bonchev–Trinajstić information content (AvgIpc) is 2.28. The van der Waals surface area contributed by atoms with Gasteiger partial charge in [0.15, 0.2) is 0 Å². The summed E-state index contributed by atoms with van der Waals surface area (Å²) in [5.41, 5.74) is 0.409. The minimum atomic E-state index is -0.125. The van der Waals surface area contributed by atoms with Crippen LogP contribution in [0, 0.1) is 0 Å². The molecule has 0 aliphatic carbocycles. The Morgan fingerprint density at radius 3 is 2.94 bits per heavy atom. The summed E-state index contributed by atoms with van der Waals surface area (Å²) in [6.45, 7) is 1.55. The number of aromatic hydroxyl groups is 1. The minimum absolute atomic E-state index is 0.00877. The van der Waals surface area contributed by atoms with Crippen molar-refractivity contribution in [3.05, 3.63) is 24.0 Å². The van der Waals surface area contributed by atoms with Crippen LogP contribution >= 0.6 is 0 Å². The predicted molar refractivity (Wildman–Crippen MR) is 61.4 cm³/mol. The van der Waals surface area contributed by atoms with Crippen molar-refractivity contribution < 1.29 is 9.90 Å². The van der Waals surface area contributed by atoms with Gasteiger partial charge in [-0.25, -0.2) is 0 Å². The quantitative estimate of drug-likeness (QED) is 0.712. The molecule has 5 nitrogen and oxygen atoms in total. The molecule has 0 fully saturated rings. The fourth-order valence-corrected chi connectivity index (χ4v) is 1.36. The van der Waals surface area contributed by atoms with Crippen LogP contribution in [0.5, 0.6) is 5.75 Å². The van der Waals surface area contributed by atoms with Crippen LogP contribution in [0.1, 0.15) is 16.8 Å². The Morgan fingerprint density at radius 1 is 1.56 bits per heavy atom. The number of amides is 1. The first-order valence-electron chi connectivity index (χ1n) is 5.19. The molecule has 1 heterocycles.